The van der Waals surface area contributed by atoms with Crippen molar-refractivity contribution in [3.63, 3.8) is 0 Å². The molecule has 1 saturated heterocycles. The molecule has 0 unspecified atom stereocenters. The molecule has 0 spiro atoms. The Morgan fingerprint density at radius 1 is 1.45 bits per heavy atom. The third-order valence-electron chi connectivity index (χ3n) is 3.31. The maximum atomic E-state index is 11.3. The van der Waals surface area contributed by atoms with Crippen molar-refractivity contribution in [3.05, 3.63) is 21.1 Å². The molecule has 0 radical (unpaired) electrons. The second-order valence-electron chi connectivity index (χ2n) is 4.85. The number of ketones is 1. The highest BCUT2D eigenvalue weighted by molar-refractivity contribution is 7.16. The zero-order valence-electron chi connectivity index (χ0n) is 11.5. The fourth-order valence-electron chi connectivity index (χ4n) is 2.22. The first kappa shape index (κ1) is 14.9. The first-order chi connectivity index (χ1) is 9.58. The molecule has 0 amide bonds. The van der Waals surface area contributed by atoms with Crippen LogP contribution in [-0.2, 0) is 0 Å². The number of nitro groups is 1. The van der Waals surface area contributed by atoms with Crippen molar-refractivity contribution in [2.45, 2.75) is 26.2 Å². The van der Waals surface area contributed by atoms with Crippen LogP contribution in [0.5, 0.6) is 5.06 Å². The minimum atomic E-state index is -0.501. The van der Waals surface area contributed by atoms with Crippen molar-refractivity contribution in [1.29, 1.82) is 0 Å². The number of carbonyl (C=O) groups is 1. The average Bonchev–Trinajstić information content (AvgIpc) is 2.84. The topological polar surface area (TPSA) is 72.7 Å². The van der Waals surface area contributed by atoms with Gasteiger partial charge in [-0.1, -0.05) is 17.8 Å². The molecule has 1 fully saturated rings. The summed E-state index contributed by atoms with van der Waals surface area (Å²) in [4.78, 5) is 24.4. The molecule has 1 aromatic heterocycles. The van der Waals surface area contributed by atoms with Crippen molar-refractivity contribution < 1.29 is 14.5 Å². The van der Waals surface area contributed by atoms with E-state index in [4.69, 9.17) is 4.74 Å². The van der Waals surface area contributed by atoms with Crippen LogP contribution in [0, 0.1) is 10.1 Å². The minimum absolute atomic E-state index is 0.112. The highest BCUT2D eigenvalue weighted by Gasteiger charge is 2.22. The molecule has 110 valence electrons. The quantitative estimate of drug-likeness (QED) is 0.458. The monoisotopic (exact) mass is 298 g/mol. The minimum Gasteiger partial charge on any atom is -0.478 e. The third-order valence-corrected chi connectivity index (χ3v) is 4.45. The van der Waals surface area contributed by atoms with Gasteiger partial charge in [-0.15, -0.1) is 0 Å². The van der Waals surface area contributed by atoms with Gasteiger partial charge in [0.25, 0.3) is 5.06 Å². The lowest BCUT2D eigenvalue weighted by atomic mass is 10.1. The van der Waals surface area contributed by atoms with E-state index in [2.05, 4.69) is 4.90 Å². The lowest BCUT2D eigenvalue weighted by molar-refractivity contribution is -0.385. The van der Waals surface area contributed by atoms with E-state index in [0.29, 0.717) is 11.5 Å². The second-order valence-corrected chi connectivity index (χ2v) is 5.86. The van der Waals surface area contributed by atoms with Crippen LogP contribution in [0.2, 0.25) is 0 Å². The van der Waals surface area contributed by atoms with Gasteiger partial charge in [0, 0.05) is 12.6 Å². The molecule has 7 heteroatoms. The normalized spacial score (nSPS) is 16.1. The van der Waals surface area contributed by atoms with Gasteiger partial charge in [-0.2, -0.15) is 0 Å². The van der Waals surface area contributed by atoms with E-state index in [1.165, 1.54) is 32.3 Å². The number of carbonyl (C=O) groups excluding carboxylic acids is 1. The summed E-state index contributed by atoms with van der Waals surface area (Å²) in [5.41, 5.74) is -0.112. The molecule has 1 aliphatic heterocycles. The molecule has 0 saturated carbocycles. The highest BCUT2D eigenvalue weighted by atomic mass is 32.1. The van der Waals surface area contributed by atoms with Crippen LogP contribution in [0.3, 0.4) is 0 Å². The molecular weight excluding hydrogens is 280 g/mol. The SMILES string of the molecule is CC(=O)c1cc([N+](=O)[O-])c(OCCN2CCCCC2)s1. The fourth-order valence-corrected chi connectivity index (χ4v) is 3.11. The summed E-state index contributed by atoms with van der Waals surface area (Å²) < 4.78 is 5.51. The molecule has 0 atom stereocenters. The van der Waals surface area contributed by atoms with Gasteiger partial charge in [0.05, 0.1) is 9.80 Å². The second kappa shape index (κ2) is 6.81. The summed E-state index contributed by atoms with van der Waals surface area (Å²) in [6, 6.07) is 1.29. The van der Waals surface area contributed by atoms with Crippen LogP contribution >= 0.6 is 11.3 Å². The van der Waals surface area contributed by atoms with Crippen molar-refractivity contribution in [3.8, 4) is 5.06 Å². The Kier molecular flexibility index (Phi) is 5.08. The summed E-state index contributed by atoms with van der Waals surface area (Å²) in [6.45, 7) is 4.71. The predicted octanol–water partition coefficient (Wildman–Crippen LogP) is 2.72. The van der Waals surface area contributed by atoms with E-state index in [-0.39, 0.29) is 16.5 Å². The van der Waals surface area contributed by atoms with E-state index in [1.54, 1.807) is 0 Å². The Morgan fingerprint density at radius 3 is 2.75 bits per heavy atom. The zero-order valence-corrected chi connectivity index (χ0v) is 12.3. The zero-order chi connectivity index (χ0) is 14.5. The average molecular weight is 298 g/mol. The molecule has 1 aromatic rings. The number of thiophene rings is 1. The van der Waals surface area contributed by atoms with Gasteiger partial charge in [-0.05, 0) is 32.9 Å². The number of Topliss-reactive ketones (excluding diaryl/α,β-unsaturated/α-hetero) is 1. The largest absolute Gasteiger partial charge is 0.478 e. The predicted molar refractivity (Wildman–Crippen MR) is 76.8 cm³/mol. The van der Waals surface area contributed by atoms with Gasteiger partial charge in [-0.25, -0.2) is 0 Å². The van der Waals surface area contributed by atoms with E-state index >= 15 is 0 Å². The Hall–Kier alpha value is -1.47. The van der Waals surface area contributed by atoms with Crippen molar-refractivity contribution in [1.82, 2.24) is 4.90 Å². The van der Waals surface area contributed by atoms with Crippen LogP contribution in [0.1, 0.15) is 35.9 Å². The van der Waals surface area contributed by atoms with Gasteiger partial charge in [-0.3, -0.25) is 19.8 Å². The van der Waals surface area contributed by atoms with Crippen LogP contribution in [0.15, 0.2) is 6.07 Å². The van der Waals surface area contributed by atoms with Crippen LogP contribution in [-0.4, -0.2) is 41.8 Å². The summed E-state index contributed by atoms with van der Waals surface area (Å²) in [5, 5.41) is 11.2. The van der Waals surface area contributed by atoms with Gasteiger partial charge in [0.1, 0.15) is 6.61 Å². The Morgan fingerprint density at radius 2 is 2.15 bits per heavy atom. The lowest BCUT2D eigenvalue weighted by Gasteiger charge is -2.25. The summed E-state index contributed by atoms with van der Waals surface area (Å²) >= 11 is 1.05. The van der Waals surface area contributed by atoms with Crippen LogP contribution < -0.4 is 4.74 Å². The first-order valence-corrected chi connectivity index (χ1v) is 7.54. The molecule has 1 aliphatic rings. The number of piperidine rings is 1. The highest BCUT2D eigenvalue weighted by Crippen LogP contribution is 2.37. The van der Waals surface area contributed by atoms with Gasteiger partial charge >= 0.3 is 5.69 Å². The number of nitrogens with zero attached hydrogens (tertiary/aromatic N) is 2. The summed E-state index contributed by atoms with van der Waals surface area (Å²) in [7, 11) is 0. The van der Waals surface area contributed by atoms with Gasteiger partial charge in [0.15, 0.2) is 5.78 Å². The summed E-state index contributed by atoms with van der Waals surface area (Å²) in [5.74, 6) is -0.177. The number of likely N-dealkylation sites (tertiary alicyclic amines) is 1. The van der Waals surface area contributed by atoms with Crippen molar-refractivity contribution in [2.24, 2.45) is 0 Å². The summed E-state index contributed by atoms with van der Waals surface area (Å²) in [6.07, 6.45) is 3.68. The fraction of sp³-hybridized carbons (Fsp3) is 0.615. The van der Waals surface area contributed by atoms with E-state index in [1.807, 2.05) is 0 Å². The number of hydrogen-bond acceptors (Lipinski definition) is 6. The number of ether oxygens (including phenoxy) is 1. The Balaban J connectivity index is 1.93. The maximum Gasteiger partial charge on any atom is 0.323 e. The maximum absolute atomic E-state index is 11.3. The Labute approximate surface area is 121 Å². The molecule has 2 rings (SSSR count). The standard InChI is InChI=1S/C13H18N2O4S/c1-10(16)12-9-11(15(17)18)13(20-12)19-8-7-14-5-3-2-4-6-14/h9H,2-8H2,1H3. The van der Waals surface area contributed by atoms with E-state index in [9.17, 15) is 14.9 Å². The molecular formula is C13H18N2O4S. The first-order valence-electron chi connectivity index (χ1n) is 6.72. The molecule has 6 nitrogen and oxygen atoms in total. The Bertz CT molecular complexity index is 495. The van der Waals surface area contributed by atoms with Crippen molar-refractivity contribution >= 4 is 22.8 Å². The molecule has 0 N–H and O–H groups in total. The van der Waals surface area contributed by atoms with Crippen LogP contribution in [0.25, 0.3) is 0 Å². The molecule has 0 bridgehead atoms. The molecule has 20 heavy (non-hydrogen) atoms. The van der Waals surface area contributed by atoms with Gasteiger partial charge in [0.2, 0.25) is 0 Å². The smallest absolute Gasteiger partial charge is 0.323 e. The third kappa shape index (κ3) is 3.77. The molecule has 0 aliphatic carbocycles. The lowest BCUT2D eigenvalue weighted by Crippen LogP contribution is -2.33. The number of rotatable bonds is 6. The molecule has 0 aromatic carbocycles. The van der Waals surface area contributed by atoms with Crippen molar-refractivity contribution in [2.75, 3.05) is 26.2 Å². The number of hydrogen-bond donors (Lipinski definition) is 0. The van der Waals surface area contributed by atoms with Crippen LogP contribution in [0.4, 0.5) is 5.69 Å². The molecule has 2 heterocycles. The van der Waals surface area contributed by atoms with E-state index < -0.39 is 4.92 Å². The van der Waals surface area contributed by atoms with E-state index in [0.717, 1.165) is 31.0 Å². The van der Waals surface area contributed by atoms with Gasteiger partial charge < -0.3 is 4.74 Å².